The minimum Gasteiger partial charge on any atom is -0.467 e. The van der Waals surface area contributed by atoms with Crippen LogP contribution in [0.25, 0.3) is 0 Å². The van der Waals surface area contributed by atoms with Crippen LogP contribution < -0.4 is 9.46 Å². The van der Waals surface area contributed by atoms with E-state index < -0.39 is 27.5 Å². The van der Waals surface area contributed by atoms with Crippen molar-refractivity contribution < 1.29 is 32.3 Å². The lowest BCUT2D eigenvalue weighted by atomic mass is 10.1. The lowest BCUT2D eigenvalue weighted by Crippen LogP contribution is -2.30. The summed E-state index contributed by atoms with van der Waals surface area (Å²) in [6, 6.07) is 6.76. The van der Waals surface area contributed by atoms with Gasteiger partial charge in [-0.15, -0.1) is 11.8 Å². The molecule has 0 bridgehead atoms. The van der Waals surface area contributed by atoms with Gasteiger partial charge in [0.2, 0.25) is 10.0 Å². The smallest absolute Gasteiger partial charge is 0.321 e. The average Bonchev–Trinajstić information content (AvgIpc) is 2.75. The Balaban J connectivity index is 1.64. The Labute approximate surface area is 187 Å². The van der Waals surface area contributed by atoms with Gasteiger partial charge in [0.15, 0.2) is 6.79 Å². The summed E-state index contributed by atoms with van der Waals surface area (Å²) in [5.74, 6) is -0.343. The van der Waals surface area contributed by atoms with Crippen molar-refractivity contribution in [2.24, 2.45) is 0 Å². The molecule has 0 aliphatic carbocycles. The number of benzene rings is 2. The number of rotatable bonds is 8. The molecule has 1 heterocycles. The highest BCUT2D eigenvalue weighted by atomic mass is 35.5. The number of esters is 1. The van der Waals surface area contributed by atoms with Gasteiger partial charge in [-0.1, -0.05) is 11.6 Å². The third-order valence-corrected chi connectivity index (χ3v) is 6.61. The molecule has 0 fully saturated rings. The second-order valence-electron chi connectivity index (χ2n) is 6.24. The number of nitro groups is 1. The number of thioether (sulfide) groups is 1. The first-order valence-electron chi connectivity index (χ1n) is 8.71. The highest BCUT2D eigenvalue weighted by molar-refractivity contribution is 7.98. The van der Waals surface area contributed by atoms with Crippen molar-refractivity contribution in [1.29, 1.82) is 0 Å². The number of hydrogen-bond donors (Lipinski definition) is 1. The molecule has 13 heteroatoms. The predicted molar refractivity (Wildman–Crippen MR) is 112 cm³/mol. The molecule has 0 unspecified atom stereocenters. The molecule has 1 aliphatic heterocycles. The van der Waals surface area contributed by atoms with Crippen molar-refractivity contribution in [3.63, 3.8) is 0 Å². The number of nitrogens with one attached hydrogen (secondary N) is 1. The molecule has 0 aromatic heterocycles. The number of ether oxygens (including phenoxy) is 3. The van der Waals surface area contributed by atoms with Gasteiger partial charge in [-0.3, -0.25) is 14.9 Å². The maximum atomic E-state index is 12.4. The number of hydrogen-bond acceptors (Lipinski definition) is 9. The van der Waals surface area contributed by atoms with Crippen LogP contribution in [0.5, 0.6) is 5.75 Å². The summed E-state index contributed by atoms with van der Waals surface area (Å²) in [6.45, 7) is -0.487. The summed E-state index contributed by atoms with van der Waals surface area (Å²) in [5, 5.41) is 11.6. The lowest BCUT2D eigenvalue weighted by molar-refractivity contribution is -0.387. The molecular formula is C18H17ClN2O8S2. The quantitative estimate of drug-likeness (QED) is 0.257. The molecule has 0 amide bonds. The monoisotopic (exact) mass is 488 g/mol. The van der Waals surface area contributed by atoms with Crippen molar-refractivity contribution in [3.05, 3.63) is 56.6 Å². The van der Waals surface area contributed by atoms with Crippen LogP contribution in [-0.2, 0) is 37.5 Å². The van der Waals surface area contributed by atoms with Gasteiger partial charge in [0.1, 0.15) is 18.9 Å². The van der Waals surface area contributed by atoms with E-state index in [1.54, 1.807) is 18.4 Å². The summed E-state index contributed by atoms with van der Waals surface area (Å²) in [5.41, 5.74) is 0.888. The number of halogens is 1. The maximum Gasteiger partial charge on any atom is 0.321 e. The first-order valence-corrected chi connectivity index (χ1v) is 11.8. The van der Waals surface area contributed by atoms with Crippen LogP contribution in [0, 0.1) is 10.1 Å². The van der Waals surface area contributed by atoms with Gasteiger partial charge in [0, 0.05) is 22.2 Å². The van der Waals surface area contributed by atoms with E-state index >= 15 is 0 Å². The Morgan fingerprint density at radius 3 is 2.84 bits per heavy atom. The van der Waals surface area contributed by atoms with Crippen LogP contribution in [0.1, 0.15) is 11.1 Å². The topological polar surface area (TPSA) is 134 Å². The second-order valence-corrected chi connectivity index (χ2v) is 9.29. The van der Waals surface area contributed by atoms with Crippen LogP contribution in [0.15, 0.2) is 40.1 Å². The number of nitro benzene ring substituents is 1. The first-order chi connectivity index (χ1) is 14.7. The molecule has 0 atom stereocenters. The number of sulfonamides is 1. The van der Waals surface area contributed by atoms with Gasteiger partial charge in [0.05, 0.1) is 21.3 Å². The molecule has 1 N–H and O–H groups in total. The van der Waals surface area contributed by atoms with E-state index in [0.717, 1.165) is 17.8 Å². The lowest BCUT2D eigenvalue weighted by Gasteiger charge is -2.21. The zero-order chi connectivity index (χ0) is 22.6. The molecular weight excluding hydrogens is 472 g/mol. The van der Waals surface area contributed by atoms with E-state index in [1.165, 1.54) is 12.1 Å². The van der Waals surface area contributed by atoms with Crippen LogP contribution in [0.3, 0.4) is 0 Å². The van der Waals surface area contributed by atoms with Gasteiger partial charge in [-0.05, 0) is 30.5 Å². The minimum atomic E-state index is -4.17. The Kier molecular flexibility index (Phi) is 7.38. The summed E-state index contributed by atoms with van der Waals surface area (Å²) < 4.78 is 42.6. The van der Waals surface area contributed by atoms with E-state index in [0.29, 0.717) is 33.4 Å². The molecule has 0 spiro atoms. The van der Waals surface area contributed by atoms with E-state index in [9.17, 15) is 23.3 Å². The largest absolute Gasteiger partial charge is 0.467 e. The summed E-state index contributed by atoms with van der Waals surface area (Å²) >= 11 is 7.17. The molecule has 0 saturated heterocycles. The normalized spacial score (nSPS) is 13.2. The summed E-state index contributed by atoms with van der Waals surface area (Å²) in [4.78, 5) is 22.5. The zero-order valence-electron chi connectivity index (χ0n) is 16.1. The molecule has 3 rings (SSSR count). The number of carbonyl (C=O) groups excluding carboxylic acids is 1. The van der Waals surface area contributed by atoms with E-state index in [1.807, 2.05) is 0 Å². The molecule has 1 aliphatic rings. The molecule has 2 aromatic carbocycles. The fourth-order valence-corrected chi connectivity index (χ4v) is 4.59. The van der Waals surface area contributed by atoms with E-state index in [2.05, 4.69) is 4.72 Å². The maximum absolute atomic E-state index is 12.4. The molecule has 10 nitrogen and oxygen atoms in total. The van der Waals surface area contributed by atoms with Crippen LogP contribution in [0.2, 0.25) is 5.02 Å². The van der Waals surface area contributed by atoms with Crippen molar-refractivity contribution in [2.75, 3.05) is 19.6 Å². The van der Waals surface area contributed by atoms with Gasteiger partial charge >= 0.3 is 5.97 Å². The van der Waals surface area contributed by atoms with Crippen molar-refractivity contribution in [2.45, 2.75) is 23.0 Å². The molecule has 31 heavy (non-hydrogen) atoms. The standard InChI is InChI=1S/C18H17ClN2O8S2/c1-30-16-3-2-14(6-15(16)21(23)24)31(25,26)20-7-17(22)28-9-12-5-13(19)4-11-8-27-10-29-18(11)12/h2-6,20H,7-10H2,1H3. The number of fused-ring (bicyclic) bond motifs is 1. The third kappa shape index (κ3) is 5.66. The van der Waals surface area contributed by atoms with Crippen molar-refractivity contribution in [1.82, 2.24) is 4.72 Å². The zero-order valence-corrected chi connectivity index (χ0v) is 18.5. The van der Waals surface area contributed by atoms with Crippen molar-refractivity contribution >= 4 is 45.0 Å². The number of nitrogens with zero attached hydrogens (tertiary/aromatic N) is 1. The van der Waals surface area contributed by atoms with Gasteiger partial charge < -0.3 is 14.2 Å². The Hall–Kier alpha value is -2.38. The fraction of sp³-hybridized carbons (Fsp3) is 0.278. The highest BCUT2D eigenvalue weighted by Crippen LogP contribution is 2.32. The number of carbonyl (C=O) groups is 1. The van der Waals surface area contributed by atoms with Gasteiger partial charge in [0.25, 0.3) is 5.69 Å². The van der Waals surface area contributed by atoms with E-state index in [4.69, 9.17) is 25.8 Å². The van der Waals surface area contributed by atoms with Gasteiger partial charge in [-0.2, -0.15) is 4.72 Å². The highest BCUT2D eigenvalue weighted by Gasteiger charge is 2.22. The molecule has 0 saturated carbocycles. The van der Waals surface area contributed by atoms with Crippen LogP contribution >= 0.6 is 23.4 Å². The molecule has 166 valence electrons. The summed E-state index contributed by atoms with van der Waals surface area (Å²) in [6.07, 6.45) is 1.64. The SMILES string of the molecule is CSc1ccc(S(=O)(=O)NCC(=O)OCc2cc(Cl)cc3c2OCOC3)cc1[N+](=O)[O-]. The fourth-order valence-electron chi connectivity index (χ4n) is 2.79. The van der Waals surface area contributed by atoms with Crippen molar-refractivity contribution in [3.8, 4) is 5.75 Å². The Morgan fingerprint density at radius 2 is 2.13 bits per heavy atom. The summed E-state index contributed by atoms with van der Waals surface area (Å²) in [7, 11) is -4.17. The van der Waals surface area contributed by atoms with Crippen LogP contribution in [0.4, 0.5) is 5.69 Å². The third-order valence-electron chi connectivity index (χ3n) is 4.20. The van der Waals surface area contributed by atoms with Gasteiger partial charge in [-0.25, -0.2) is 8.42 Å². The van der Waals surface area contributed by atoms with Crippen LogP contribution in [-0.4, -0.2) is 38.9 Å². The predicted octanol–water partition coefficient (Wildman–Crippen LogP) is 2.86. The Morgan fingerprint density at radius 1 is 1.35 bits per heavy atom. The van der Waals surface area contributed by atoms with E-state index in [-0.39, 0.29) is 24.0 Å². The Bertz CT molecular complexity index is 1120. The average molecular weight is 489 g/mol. The molecule has 2 aromatic rings. The molecule has 0 radical (unpaired) electrons. The minimum absolute atomic E-state index is 0.0524. The first kappa shape index (κ1) is 23.3. The second kappa shape index (κ2) is 9.83.